The molecule has 1 aromatic heterocycles. The third-order valence-corrected chi connectivity index (χ3v) is 2.13. The first kappa shape index (κ1) is 11.1. The fraction of sp³-hybridized carbons (Fsp3) is 0. The van der Waals surface area contributed by atoms with E-state index < -0.39 is 11.8 Å². The van der Waals surface area contributed by atoms with E-state index in [0.717, 1.165) is 0 Å². The van der Waals surface area contributed by atoms with Crippen molar-refractivity contribution in [1.82, 2.24) is 4.98 Å². The number of carboxylic acids is 1. The Hall–Kier alpha value is -2.43. The molecule has 0 spiro atoms. The Labute approximate surface area is 96.7 Å². The van der Waals surface area contributed by atoms with E-state index in [1.54, 1.807) is 6.07 Å². The van der Waals surface area contributed by atoms with E-state index in [4.69, 9.17) is 5.11 Å². The van der Waals surface area contributed by atoms with Crippen molar-refractivity contribution in [3.05, 3.63) is 54.0 Å². The van der Waals surface area contributed by atoms with E-state index in [1.165, 1.54) is 36.5 Å². The maximum atomic E-state index is 13.0. The van der Waals surface area contributed by atoms with Crippen LogP contribution in [0.3, 0.4) is 0 Å². The Balaban J connectivity index is 2.33. The maximum absolute atomic E-state index is 13.0. The zero-order chi connectivity index (χ0) is 12.3. The average molecular weight is 232 g/mol. The molecule has 0 bridgehead atoms. The molecule has 1 heterocycles. The first-order valence-corrected chi connectivity index (χ1v) is 4.88. The van der Waals surface area contributed by atoms with Crippen LogP contribution >= 0.6 is 0 Å². The smallest absolute Gasteiger partial charge is 0.339 e. The highest BCUT2D eigenvalue weighted by atomic mass is 19.1. The summed E-state index contributed by atoms with van der Waals surface area (Å²) >= 11 is 0. The number of carbonyl (C=O) groups is 1. The minimum Gasteiger partial charge on any atom is -0.478 e. The van der Waals surface area contributed by atoms with Crippen molar-refractivity contribution < 1.29 is 14.3 Å². The largest absolute Gasteiger partial charge is 0.478 e. The third-order valence-electron chi connectivity index (χ3n) is 2.13. The number of hydrogen-bond donors (Lipinski definition) is 2. The fourth-order valence-electron chi connectivity index (χ4n) is 1.38. The molecule has 0 aliphatic heterocycles. The number of halogens is 1. The standard InChI is InChI=1S/C12H9FN2O2/c13-8-3-1-4-9(7-8)15-11-10(12(16)17)5-2-6-14-11/h1-7H,(H,14,15)(H,16,17). The predicted octanol–water partition coefficient (Wildman–Crippen LogP) is 2.66. The van der Waals surface area contributed by atoms with Crippen LogP contribution in [0.15, 0.2) is 42.6 Å². The summed E-state index contributed by atoms with van der Waals surface area (Å²) in [6.45, 7) is 0. The van der Waals surface area contributed by atoms with Gasteiger partial charge in [-0.25, -0.2) is 14.2 Å². The average Bonchev–Trinajstić information content (AvgIpc) is 2.29. The molecule has 0 atom stereocenters. The molecule has 86 valence electrons. The molecule has 0 aliphatic rings. The van der Waals surface area contributed by atoms with Gasteiger partial charge in [-0.1, -0.05) is 6.07 Å². The Kier molecular flexibility index (Phi) is 3.00. The van der Waals surface area contributed by atoms with Crippen LogP contribution in [0.2, 0.25) is 0 Å². The van der Waals surface area contributed by atoms with Crippen LogP contribution in [-0.2, 0) is 0 Å². The molecule has 0 fully saturated rings. The second kappa shape index (κ2) is 4.61. The zero-order valence-corrected chi connectivity index (χ0v) is 8.72. The monoisotopic (exact) mass is 232 g/mol. The van der Waals surface area contributed by atoms with Gasteiger partial charge in [0, 0.05) is 11.9 Å². The van der Waals surface area contributed by atoms with Crippen LogP contribution in [0.5, 0.6) is 0 Å². The maximum Gasteiger partial charge on any atom is 0.339 e. The van der Waals surface area contributed by atoms with Crippen molar-refractivity contribution in [1.29, 1.82) is 0 Å². The second-order valence-corrected chi connectivity index (χ2v) is 3.34. The highest BCUT2D eigenvalue weighted by Crippen LogP contribution is 2.18. The van der Waals surface area contributed by atoms with E-state index in [9.17, 15) is 9.18 Å². The summed E-state index contributed by atoms with van der Waals surface area (Å²) in [5, 5.41) is 11.7. The van der Waals surface area contributed by atoms with Gasteiger partial charge in [-0.15, -0.1) is 0 Å². The van der Waals surface area contributed by atoms with E-state index in [0.29, 0.717) is 5.69 Å². The minimum absolute atomic E-state index is 0.0387. The summed E-state index contributed by atoms with van der Waals surface area (Å²) in [6.07, 6.45) is 1.47. The Bertz CT molecular complexity index is 558. The normalized spacial score (nSPS) is 9.94. The van der Waals surface area contributed by atoms with Crippen molar-refractivity contribution in [2.75, 3.05) is 5.32 Å². The van der Waals surface area contributed by atoms with Crippen LogP contribution in [0.4, 0.5) is 15.9 Å². The van der Waals surface area contributed by atoms with E-state index in [1.807, 2.05) is 0 Å². The number of pyridine rings is 1. The number of carboxylic acid groups (broad SMARTS) is 1. The molecule has 0 saturated heterocycles. The zero-order valence-electron chi connectivity index (χ0n) is 8.72. The fourth-order valence-corrected chi connectivity index (χ4v) is 1.38. The summed E-state index contributed by atoms with van der Waals surface area (Å²) < 4.78 is 13.0. The number of nitrogens with zero attached hydrogens (tertiary/aromatic N) is 1. The van der Waals surface area contributed by atoms with E-state index in [2.05, 4.69) is 10.3 Å². The van der Waals surface area contributed by atoms with Crippen molar-refractivity contribution >= 4 is 17.5 Å². The van der Waals surface area contributed by atoms with Gasteiger partial charge in [0.1, 0.15) is 17.2 Å². The van der Waals surface area contributed by atoms with Gasteiger partial charge in [-0.3, -0.25) is 0 Å². The molecule has 2 aromatic rings. The first-order chi connectivity index (χ1) is 8.16. The quantitative estimate of drug-likeness (QED) is 0.853. The molecule has 0 unspecified atom stereocenters. The van der Waals surface area contributed by atoms with Gasteiger partial charge in [-0.05, 0) is 30.3 Å². The number of rotatable bonds is 3. The molecule has 0 amide bonds. The number of benzene rings is 1. The summed E-state index contributed by atoms with van der Waals surface area (Å²) in [5.74, 6) is -1.30. The number of anilines is 2. The van der Waals surface area contributed by atoms with Gasteiger partial charge >= 0.3 is 5.97 Å². The lowest BCUT2D eigenvalue weighted by molar-refractivity contribution is 0.0697. The molecule has 4 nitrogen and oxygen atoms in total. The number of aromatic carboxylic acids is 1. The molecule has 5 heteroatoms. The van der Waals surface area contributed by atoms with Crippen molar-refractivity contribution in [3.63, 3.8) is 0 Å². The molecule has 0 radical (unpaired) electrons. The van der Waals surface area contributed by atoms with Crippen LogP contribution in [-0.4, -0.2) is 16.1 Å². The molecular formula is C12H9FN2O2. The van der Waals surface area contributed by atoms with Gasteiger partial charge in [0.15, 0.2) is 0 Å². The highest BCUT2D eigenvalue weighted by Gasteiger charge is 2.10. The molecule has 0 saturated carbocycles. The molecule has 2 N–H and O–H groups in total. The van der Waals surface area contributed by atoms with Crippen LogP contribution in [0, 0.1) is 5.82 Å². The molecule has 2 rings (SSSR count). The topological polar surface area (TPSA) is 62.2 Å². The summed E-state index contributed by atoms with van der Waals surface area (Å²) in [4.78, 5) is 14.8. The SMILES string of the molecule is O=C(O)c1cccnc1Nc1cccc(F)c1. The second-order valence-electron chi connectivity index (χ2n) is 3.34. The summed E-state index contributed by atoms with van der Waals surface area (Å²) in [7, 11) is 0. The third kappa shape index (κ3) is 2.57. The number of nitrogens with one attached hydrogen (secondary N) is 1. The van der Waals surface area contributed by atoms with Gasteiger partial charge in [0.25, 0.3) is 0 Å². The molecule has 17 heavy (non-hydrogen) atoms. The van der Waals surface area contributed by atoms with Crippen molar-refractivity contribution in [2.45, 2.75) is 0 Å². The first-order valence-electron chi connectivity index (χ1n) is 4.88. The van der Waals surface area contributed by atoms with Crippen molar-refractivity contribution in [3.8, 4) is 0 Å². The summed E-state index contributed by atoms with van der Waals surface area (Å²) in [6, 6.07) is 8.68. The summed E-state index contributed by atoms with van der Waals surface area (Å²) in [5.41, 5.74) is 0.489. The molecule has 0 aliphatic carbocycles. The molecular weight excluding hydrogens is 223 g/mol. The van der Waals surface area contributed by atoms with Gasteiger partial charge in [0.2, 0.25) is 0 Å². The Morgan fingerprint density at radius 1 is 1.29 bits per heavy atom. The number of aromatic nitrogens is 1. The van der Waals surface area contributed by atoms with Gasteiger partial charge < -0.3 is 10.4 Å². The lowest BCUT2D eigenvalue weighted by Crippen LogP contribution is -2.04. The van der Waals surface area contributed by atoms with Crippen LogP contribution in [0.1, 0.15) is 10.4 Å². The Morgan fingerprint density at radius 2 is 2.12 bits per heavy atom. The predicted molar refractivity (Wildman–Crippen MR) is 60.9 cm³/mol. The Morgan fingerprint density at radius 3 is 2.82 bits per heavy atom. The lowest BCUT2D eigenvalue weighted by Gasteiger charge is -2.07. The van der Waals surface area contributed by atoms with Crippen LogP contribution < -0.4 is 5.32 Å². The molecule has 1 aromatic carbocycles. The van der Waals surface area contributed by atoms with E-state index in [-0.39, 0.29) is 11.4 Å². The number of hydrogen-bond acceptors (Lipinski definition) is 3. The highest BCUT2D eigenvalue weighted by molar-refractivity contribution is 5.93. The van der Waals surface area contributed by atoms with Gasteiger partial charge in [0.05, 0.1) is 0 Å². The van der Waals surface area contributed by atoms with Gasteiger partial charge in [-0.2, -0.15) is 0 Å². The minimum atomic E-state index is -1.09. The van der Waals surface area contributed by atoms with Crippen LogP contribution in [0.25, 0.3) is 0 Å². The lowest BCUT2D eigenvalue weighted by atomic mass is 10.2. The van der Waals surface area contributed by atoms with Crippen molar-refractivity contribution in [2.24, 2.45) is 0 Å². The van der Waals surface area contributed by atoms with E-state index >= 15 is 0 Å².